The number of benzene rings is 2. The average Bonchev–Trinajstić information content (AvgIpc) is 2.50. The highest BCUT2D eigenvalue weighted by atomic mass is 35.5. The first-order valence-corrected chi connectivity index (χ1v) is 7.11. The lowest BCUT2D eigenvalue weighted by Crippen LogP contribution is -2.27. The minimum atomic E-state index is -0.430. The van der Waals surface area contributed by atoms with Crippen molar-refractivity contribution in [2.24, 2.45) is 0 Å². The molecule has 0 fully saturated rings. The van der Waals surface area contributed by atoms with Gasteiger partial charge in [0.2, 0.25) is 5.91 Å². The Hall–Kier alpha value is -2.07. The van der Waals surface area contributed by atoms with Crippen molar-refractivity contribution in [2.75, 3.05) is 17.2 Å². The lowest BCUT2D eigenvalue weighted by atomic mass is 9.90. The summed E-state index contributed by atoms with van der Waals surface area (Å²) in [4.78, 5) is 12.5. The number of carbonyl (C=O) groups is 1. The summed E-state index contributed by atoms with van der Waals surface area (Å²) in [6.45, 7) is 0.728. The largest absolute Gasteiger partial charge is 0.385 e. The Bertz CT molecular complexity index is 690. The van der Waals surface area contributed by atoms with Gasteiger partial charge in [-0.15, -0.1) is 0 Å². The molecule has 21 heavy (non-hydrogen) atoms. The van der Waals surface area contributed by atoms with E-state index in [0.717, 1.165) is 17.8 Å². The smallest absolute Gasteiger partial charge is 0.232 e. The summed E-state index contributed by atoms with van der Waals surface area (Å²) in [5.74, 6) is -0.862. The van der Waals surface area contributed by atoms with Crippen molar-refractivity contribution in [1.29, 1.82) is 0 Å². The van der Waals surface area contributed by atoms with Gasteiger partial charge in [0.1, 0.15) is 5.82 Å². The SMILES string of the molecule is O=C(Nc1cc(F)ccc1Cl)C1CCNc2ccccc21. The predicted octanol–water partition coefficient (Wildman–Crippen LogP) is 4.02. The second kappa shape index (κ2) is 5.74. The van der Waals surface area contributed by atoms with Crippen LogP contribution in [0.15, 0.2) is 42.5 Å². The van der Waals surface area contributed by atoms with Gasteiger partial charge < -0.3 is 10.6 Å². The second-order valence-electron chi connectivity index (χ2n) is 4.97. The fraction of sp³-hybridized carbons (Fsp3) is 0.188. The van der Waals surface area contributed by atoms with Crippen molar-refractivity contribution in [3.8, 4) is 0 Å². The molecule has 0 bridgehead atoms. The number of amides is 1. The number of hydrogen-bond donors (Lipinski definition) is 2. The molecule has 0 aliphatic carbocycles. The summed E-state index contributed by atoms with van der Waals surface area (Å²) in [5.41, 5.74) is 2.22. The van der Waals surface area contributed by atoms with Crippen molar-refractivity contribution in [1.82, 2.24) is 0 Å². The van der Waals surface area contributed by atoms with Crippen LogP contribution in [0.1, 0.15) is 17.9 Å². The minimum Gasteiger partial charge on any atom is -0.385 e. The summed E-state index contributed by atoms with van der Waals surface area (Å²) in [7, 11) is 0. The molecule has 1 amide bonds. The lowest BCUT2D eigenvalue weighted by Gasteiger charge is -2.26. The van der Waals surface area contributed by atoms with Crippen LogP contribution in [0.5, 0.6) is 0 Å². The van der Waals surface area contributed by atoms with Gasteiger partial charge in [-0.3, -0.25) is 4.79 Å². The quantitative estimate of drug-likeness (QED) is 0.880. The van der Waals surface area contributed by atoms with Crippen molar-refractivity contribution < 1.29 is 9.18 Å². The molecule has 1 aliphatic rings. The molecule has 0 aromatic heterocycles. The Labute approximate surface area is 127 Å². The summed E-state index contributed by atoms with van der Waals surface area (Å²) in [6.07, 6.45) is 0.690. The van der Waals surface area contributed by atoms with Gasteiger partial charge in [-0.05, 0) is 36.2 Å². The zero-order valence-electron chi connectivity index (χ0n) is 11.2. The Morgan fingerprint density at radius 2 is 2.10 bits per heavy atom. The molecule has 1 aliphatic heterocycles. The van der Waals surface area contributed by atoms with Gasteiger partial charge in [0.05, 0.1) is 16.6 Å². The van der Waals surface area contributed by atoms with Crippen LogP contribution in [0.25, 0.3) is 0 Å². The van der Waals surface area contributed by atoms with Crippen molar-refractivity contribution in [3.05, 3.63) is 58.9 Å². The minimum absolute atomic E-state index is 0.170. The Balaban J connectivity index is 1.85. The molecule has 1 unspecified atom stereocenters. The van der Waals surface area contributed by atoms with Crippen LogP contribution < -0.4 is 10.6 Å². The molecule has 1 heterocycles. The van der Waals surface area contributed by atoms with E-state index in [0.29, 0.717) is 17.1 Å². The van der Waals surface area contributed by atoms with Crippen molar-refractivity contribution in [3.63, 3.8) is 0 Å². The van der Waals surface area contributed by atoms with Crippen LogP contribution in [0.2, 0.25) is 5.02 Å². The van der Waals surface area contributed by atoms with Crippen LogP contribution in [0, 0.1) is 5.82 Å². The number of para-hydroxylation sites is 1. The monoisotopic (exact) mass is 304 g/mol. The number of carbonyl (C=O) groups excluding carboxylic acids is 1. The standard InChI is InChI=1S/C16H14ClFN2O/c17-13-6-5-10(18)9-15(13)20-16(21)12-7-8-19-14-4-2-1-3-11(12)14/h1-6,9,12,19H,7-8H2,(H,20,21). The summed E-state index contributed by atoms with van der Waals surface area (Å²) in [6, 6.07) is 11.6. The number of anilines is 2. The van der Waals surface area contributed by atoms with E-state index in [-0.39, 0.29) is 11.8 Å². The van der Waals surface area contributed by atoms with Gasteiger partial charge in [-0.25, -0.2) is 4.39 Å². The van der Waals surface area contributed by atoms with E-state index < -0.39 is 5.82 Å². The summed E-state index contributed by atoms with van der Waals surface area (Å²) in [5, 5.41) is 6.31. The molecule has 3 nitrogen and oxygen atoms in total. The molecule has 2 N–H and O–H groups in total. The molecule has 0 saturated carbocycles. The highest BCUT2D eigenvalue weighted by Gasteiger charge is 2.26. The van der Waals surface area contributed by atoms with Gasteiger partial charge in [0, 0.05) is 12.2 Å². The maximum absolute atomic E-state index is 13.3. The summed E-state index contributed by atoms with van der Waals surface area (Å²) < 4.78 is 13.3. The molecular formula is C16H14ClFN2O. The number of nitrogens with one attached hydrogen (secondary N) is 2. The van der Waals surface area contributed by atoms with Crippen LogP contribution >= 0.6 is 11.6 Å². The lowest BCUT2D eigenvalue weighted by molar-refractivity contribution is -0.117. The van der Waals surface area contributed by atoms with Crippen molar-refractivity contribution in [2.45, 2.75) is 12.3 Å². The van der Waals surface area contributed by atoms with E-state index in [1.807, 2.05) is 24.3 Å². The van der Waals surface area contributed by atoms with Crippen molar-refractivity contribution >= 4 is 28.9 Å². The first-order valence-electron chi connectivity index (χ1n) is 6.74. The van der Waals surface area contributed by atoms with Gasteiger partial charge in [-0.2, -0.15) is 0 Å². The van der Waals surface area contributed by atoms with E-state index in [2.05, 4.69) is 10.6 Å². The normalized spacial score (nSPS) is 16.8. The fourth-order valence-corrected chi connectivity index (χ4v) is 2.72. The predicted molar refractivity (Wildman–Crippen MR) is 82.3 cm³/mol. The van der Waals surface area contributed by atoms with E-state index in [1.165, 1.54) is 18.2 Å². The molecule has 2 aromatic rings. The molecule has 0 saturated heterocycles. The molecule has 0 radical (unpaired) electrons. The highest BCUT2D eigenvalue weighted by molar-refractivity contribution is 6.33. The number of halogens is 2. The maximum atomic E-state index is 13.3. The third-order valence-corrected chi connectivity index (χ3v) is 3.92. The van der Waals surface area contributed by atoms with E-state index in [1.54, 1.807) is 0 Å². The first-order chi connectivity index (χ1) is 10.1. The molecule has 2 aromatic carbocycles. The number of rotatable bonds is 2. The van der Waals surface area contributed by atoms with Crippen LogP contribution in [0.3, 0.4) is 0 Å². The van der Waals surface area contributed by atoms with Crippen LogP contribution in [-0.2, 0) is 4.79 Å². The molecule has 1 atom stereocenters. The molecule has 0 spiro atoms. The zero-order valence-corrected chi connectivity index (χ0v) is 12.0. The third-order valence-electron chi connectivity index (χ3n) is 3.59. The van der Waals surface area contributed by atoms with E-state index in [9.17, 15) is 9.18 Å². The fourth-order valence-electron chi connectivity index (χ4n) is 2.55. The van der Waals surface area contributed by atoms with Gasteiger partial charge in [0.15, 0.2) is 0 Å². The van der Waals surface area contributed by atoms with E-state index >= 15 is 0 Å². The highest BCUT2D eigenvalue weighted by Crippen LogP contribution is 2.33. The Morgan fingerprint density at radius 1 is 1.29 bits per heavy atom. The first kappa shape index (κ1) is 13.9. The van der Waals surface area contributed by atoms with E-state index in [4.69, 9.17) is 11.6 Å². The third kappa shape index (κ3) is 2.85. The summed E-state index contributed by atoms with van der Waals surface area (Å²) >= 11 is 5.99. The molecule has 3 rings (SSSR count). The van der Waals surface area contributed by atoms with Gasteiger partial charge in [-0.1, -0.05) is 29.8 Å². The topological polar surface area (TPSA) is 41.1 Å². The number of fused-ring (bicyclic) bond motifs is 1. The molecule has 5 heteroatoms. The van der Waals surface area contributed by atoms with Gasteiger partial charge >= 0.3 is 0 Å². The molecular weight excluding hydrogens is 291 g/mol. The van der Waals surface area contributed by atoms with Gasteiger partial charge in [0.25, 0.3) is 0 Å². The second-order valence-corrected chi connectivity index (χ2v) is 5.38. The van der Waals surface area contributed by atoms with Crippen LogP contribution in [-0.4, -0.2) is 12.5 Å². The zero-order chi connectivity index (χ0) is 14.8. The van der Waals surface area contributed by atoms with Crippen LogP contribution in [0.4, 0.5) is 15.8 Å². The Morgan fingerprint density at radius 3 is 2.95 bits per heavy atom. The maximum Gasteiger partial charge on any atom is 0.232 e. The molecule has 108 valence electrons. The Kier molecular flexibility index (Phi) is 3.80. The number of hydrogen-bond acceptors (Lipinski definition) is 2. The average molecular weight is 305 g/mol.